The second-order valence-electron chi connectivity index (χ2n) is 9.05. The van der Waals surface area contributed by atoms with Crippen molar-refractivity contribution in [3.05, 3.63) is 36.7 Å². The number of nitriles is 1. The molecule has 6 rings (SSSR count). The number of hydrogen-bond donors (Lipinski definition) is 1. The van der Waals surface area contributed by atoms with Crippen molar-refractivity contribution in [1.29, 1.82) is 5.26 Å². The minimum absolute atomic E-state index is 0.271. The highest BCUT2D eigenvalue weighted by molar-refractivity contribution is 5.94. The van der Waals surface area contributed by atoms with Crippen molar-refractivity contribution in [3.63, 3.8) is 0 Å². The van der Waals surface area contributed by atoms with E-state index < -0.39 is 0 Å². The van der Waals surface area contributed by atoms with E-state index in [1.165, 1.54) is 18.5 Å². The molecule has 3 fully saturated rings. The van der Waals surface area contributed by atoms with Gasteiger partial charge in [-0.25, -0.2) is 9.97 Å². The Bertz CT molecular complexity index is 1150. The molecule has 1 aliphatic carbocycles. The zero-order valence-corrected chi connectivity index (χ0v) is 17.7. The first-order chi connectivity index (χ1) is 15.2. The second kappa shape index (κ2) is 7.24. The van der Waals surface area contributed by atoms with Crippen molar-refractivity contribution < 1.29 is 4.74 Å². The van der Waals surface area contributed by atoms with Crippen molar-refractivity contribution in [2.45, 2.75) is 43.8 Å². The maximum atomic E-state index is 9.16. The number of pyridine rings is 2. The van der Waals surface area contributed by atoms with Crippen molar-refractivity contribution in [2.24, 2.45) is 5.92 Å². The largest absolute Gasteiger partial charge is 0.481 e. The van der Waals surface area contributed by atoms with Gasteiger partial charge >= 0.3 is 0 Å². The van der Waals surface area contributed by atoms with Crippen LogP contribution in [-0.4, -0.2) is 58.2 Å². The summed E-state index contributed by atoms with van der Waals surface area (Å²) in [5.74, 6) is 0.874. The third-order valence-corrected chi connectivity index (χ3v) is 7.36. The molecule has 2 atom stereocenters. The molecule has 2 saturated heterocycles. The Morgan fingerprint density at radius 1 is 1.06 bits per heavy atom. The zero-order chi connectivity index (χ0) is 20.9. The van der Waals surface area contributed by atoms with Crippen molar-refractivity contribution >= 4 is 16.7 Å². The first-order valence-corrected chi connectivity index (χ1v) is 11.1. The maximum absolute atomic E-state index is 9.16. The summed E-state index contributed by atoms with van der Waals surface area (Å²) in [5, 5.41) is 10.3. The fourth-order valence-corrected chi connectivity index (χ4v) is 5.80. The molecule has 1 unspecified atom stereocenters. The maximum Gasteiger partial charge on any atom is 0.213 e. The summed E-state index contributed by atoms with van der Waals surface area (Å²) in [5.41, 5.74) is 4.23. The van der Waals surface area contributed by atoms with Gasteiger partial charge in [0.05, 0.1) is 13.2 Å². The van der Waals surface area contributed by atoms with Gasteiger partial charge < -0.3 is 14.6 Å². The Balaban J connectivity index is 1.28. The minimum Gasteiger partial charge on any atom is -0.481 e. The number of aromatic amines is 1. The van der Waals surface area contributed by atoms with Crippen LogP contribution in [0.25, 0.3) is 22.3 Å². The molecule has 0 amide bonds. The molecule has 3 aromatic heterocycles. The molecule has 1 N–H and O–H groups in total. The number of nitrogens with one attached hydrogen (secondary N) is 1. The third-order valence-electron chi connectivity index (χ3n) is 7.36. The van der Waals surface area contributed by atoms with Gasteiger partial charge in [-0.2, -0.15) is 5.26 Å². The average Bonchev–Trinajstić information content (AvgIpc) is 3.31. The van der Waals surface area contributed by atoms with Crippen LogP contribution >= 0.6 is 0 Å². The molecule has 2 aliphatic heterocycles. The molecule has 31 heavy (non-hydrogen) atoms. The van der Waals surface area contributed by atoms with Gasteiger partial charge in [-0.05, 0) is 43.9 Å². The fraction of sp³-hybridized carbons (Fsp3) is 0.458. The van der Waals surface area contributed by atoms with Gasteiger partial charge in [0.1, 0.15) is 5.65 Å². The number of H-pyrrole nitrogens is 1. The van der Waals surface area contributed by atoms with Gasteiger partial charge in [0.2, 0.25) is 5.88 Å². The van der Waals surface area contributed by atoms with E-state index >= 15 is 0 Å². The van der Waals surface area contributed by atoms with Crippen LogP contribution in [0.15, 0.2) is 36.7 Å². The van der Waals surface area contributed by atoms with Gasteiger partial charge in [0.25, 0.3) is 0 Å². The van der Waals surface area contributed by atoms with E-state index in [1.807, 2.05) is 18.3 Å². The number of anilines is 1. The van der Waals surface area contributed by atoms with Gasteiger partial charge in [-0.3, -0.25) is 4.90 Å². The van der Waals surface area contributed by atoms with Crippen molar-refractivity contribution in [3.8, 4) is 23.2 Å². The minimum atomic E-state index is 0.271. The number of piperazine rings is 1. The molecular formula is C24H26N6O. The van der Waals surface area contributed by atoms with Crippen molar-refractivity contribution in [1.82, 2.24) is 19.9 Å². The second-order valence-corrected chi connectivity index (χ2v) is 9.05. The predicted molar refractivity (Wildman–Crippen MR) is 119 cm³/mol. The molecule has 1 saturated carbocycles. The molecule has 0 aromatic carbocycles. The Morgan fingerprint density at radius 3 is 2.58 bits per heavy atom. The summed E-state index contributed by atoms with van der Waals surface area (Å²) in [6, 6.07) is 12.5. The van der Waals surface area contributed by atoms with Crippen LogP contribution in [0.3, 0.4) is 0 Å². The van der Waals surface area contributed by atoms with Crippen LogP contribution in [0.2, 0.25) is 0 Å². The topological polar surface area (TPSA) is 81.1 Å². The summed E-state index contributed by atoms with van der Waals surface area (Å²) >= 11 is 0. The van der Waals surface area contributed by atoms with E-state index in [1.54, 1.807) is 13.3 Å². The van der Waals surface area contributed by atoms with Crippen LogP contribution in [0.5, 0.6) is 5.88 Å². The molecule has 5 heterocycles. The number of fused-ring (bicyclic) bond motifs is 3. The lowest BCUT2D eigenvalue weighted by molar-refractivity contribution is 0.0439. The molecule has 158 valence electrons. The van der Waals surface area contributed by atoms with E-state index in [-0.39, 0.29) is 5.92 Å². The lowest BCUT2D eigenvalue weighted by atomic mass is 9.79. The van der Waals surface area contributed by atoms with E-state index in [2.05, 4.69) is 43.0 Å². The summed E-state index contributed by atoms with van der Waals surface area (Å²) < 4.78 is 5.29. The van der Waals surface area contributed by atoms with E-state index in [0.717, 1.165) is 48.2 Å². The van der Waals surface area contributed by atoms with Gasteiger partial charge in [-0.1, -0.05) is 0 Å². The van der Waals surface area contributed by atoms with Crippen LogP contribution < -0.4 is 9.64 Å². The molecule has 3 aromatic rings. The standard InChI is InChI=1S/C24H26N6O/c1-31-23-10-16(4-6-26-23)21-11-20-22(5-7-27-24(20)28-21)29-13-17-2-3-18(14-29)30(17)19-8-15(9-19)12-25/h4-7,10-11,15,17-19H,2-3,8-9,13-14H2,1H3,(H,27,28)/t15?,17-,18?,19?/m1/s1. The summed E-state index contributed by atoms with van der Waals surface area (Å²) in [6.45, 7) is 2.10. The quantitative estimate of drug-likeness (QED) is 0.703. The smallest absolute Gasteiger partial charge is 0.213 e. The molecule has 0 radical (unpaired) electrons. The fourth-order valence-electron chi connectivity index (χ4n) is 5.80. The molecule has 2 bridgehead atoms. The average molecular weight is 415 g/mol. The van der Waals surface area contributed by atoms with Crippen LogP contribution in [-0.2, 0) is 0 Å². The number of aromatic nitrogens is 3. The first-order valence-electron chi connectivity index (χ1n) is 11.1. The number of ether oxygens (including phenoxy) is 1. The number of nitrogens with zero attached hydrogens (tertiary/aromatic N) is 5. The highest BCUT2D eigenvalue weighted by Crippen LogP contribution is 2.42. The number of rotatable bonds is 4. The molecule has 0 spiro atoms. The summed E-state index contributed by atoms with van der Waals surface area (Å²) in [7, 11) is 1.63. The van der Waals surface area contributed by atoms with Crippen LogP contribution in [0.4, 0.5) is 5.69 Å². The SMILES string of the molecule is COc1cc(-c2cc3c(N4CC5CC[C@H](C4)N5C4CC(C#N)C4)ccnc3[nH]2)ccn1. The summed E-state index contributed by atoms with van der Waals surface area (Å²) in [4.78, 5) is 17.6. The van der Waals surface area contributed by atoms with Gasteiger partial charge in [0, 0.05) is 77.9 Å². The molecule has 3 aliphatic rings. The Kier molecular flexibility index (Phi) is 4.35. The van der Waals surface area contributed by atoms with E-state index in [9.17, 15) is 0 Å². The normalized spacial score (nSPS) is 27.8. The van der Waals surface area contributed by atoms with Crippen LogP contribution in [0.1, 0.15) is 25.7 Å². The molecular weight excluding hydrogens is 388 g/mol. The highest BCUT2D eigenvalue weighted by atomic mass is 16.5. The third kappa shape index (κ3) is 3.05. The lowest BCUT2D eigenvalue weighted by Crippen LogP contribution is -2.60. The Hall–Kier alpha value is -3.11. The number of methoxy groups -OCH3 is 1. The molecule has 7 nitrogen and oxygen atoms in total. The lowest BCUT2D eigenvalue weighted by Gasteiger charge is -2.49. The highest BCUT2D eigenvalue weighted by Gasteiger charge is 2.47. The summed E-state index contributed by atoms with van der Waals surface area (Å²) in [6.07, 6.45) is 8.31. The monoisotopic (exact) mass is 414 g/mol. The van der Waals surface area contributed by atoms with Crippen LogP contribution in [0, 0.1) is 17.2 Å². The van der Waals surface area contributed by atoms with Gasteiger partial charge in [-0.15, -0.1) is 0 Å². The first kappa shape index (κ1) is 18.6. The zero-order valence-electron chi connectivity index (χ0n) is 17.7. The molecule has 7 heteroatoms. The van der Waals surface area contributed by atoms with E-state index in [0.29, 0.717) is 24.0 Å². The Labute approximate surface area is 181 Å². The van der Waals surface area contributed by atoms with E-state index in [4.69, 9.17) is 10.00 Å². The van der Waals surface area contributed by atoms with Crippen molar-refractivity contribution in [2.75, 3.05) is 25.1 Å². The van der Waals surface area contributed by atoms with Gasteiger partial charge in [0.15, 0.2) is 0 Å². The number of hydrogen-bond acceptors (Lipinski definition) is 6. The Morgan fingerprint density at radius 2 is 1.84 bits per heavy atom. The predicted octanol–water partition coefficient (Wildman–Crippen LogP) is 3.59.